The molecule has 0 radical (unpaired) electrons. The number of aromatic nitrogens is 1. The third-order valence-electron chi connectivity index (χ3n) is 4.21. The number of hydrogen-bond acceptors (Lipinski definition) is 5. The highest BCUT2D eigenvalue weighted by molar-refractivity contribution is 5.94. The van der Waals surface area contributed by atoms with E-state index >= 15 is 0 Å². The van der Waals surface area contributed by atoms with Crippen LogP contribution in [-0.4, -0.2) is 24.6 Å². The number of ether oxygens (including phenoxy) is 3. The lowest BCUT2D eigenvalue weighted by Crippen LogP contribution is -2.22. The van der Waals surface area contributed by atoms with Crippen LogP contribution in [0.3, 0.4) is 0 Å². The van der Waals surface area contributed by atoms with Crippen molar-refractivity contribution in [3.63, 3.8) is 0 Å². The second kappa shape index (κ2) is 10.1. The molecule has 2 aromatic carbocycles. The lowest BCUT2D eigenvalue weighted by atomic mass is 10.1. The fourth-order valence-corrected chi connectivity index (χ4v) is 2.74. The van der Waals surface area contributed by atoms with Gasteiger partial charge in [-0.2, -0.15) is 0 Å². The van der Waals surface area contributed by atoms with Crippen LogP contribution in [0, 0.1) is 0 Å². The zero-order valence-electron chi connectivity index (χ0n) is 16.6. The highest BCUT2D eigenvalue weighted by atomic mass is 16.5. The minimum Gasteiger partial charge on any atom is -0.493 e. The number of nitrogens with one attached hydrogen (secondary N) is 1. The minimum atomic E-state index is -0.197. The van der Waals surface area contributed by atoms with E-state index in [2.05, 4.69) is 10.3 Å². The number of benzene rings is 2. The summed E-state index contributed by atoms with van der Waals surface area (Å²) < 4.78 is 16.5. The number of pyridine rings is 1. The summed E-state index contributed by atoms with van der Waals surface area (Å²) in [5.74, 6) is 1.46. The molecular weight excluding hydrogens is 368 g/mol. The molecule has 3 aromatic rings. The third-order valence-corrected chi connectivity index (χ3v) is 4.21. The number of carbonyl (C=O) groups excluding carboxylic acids is 1. The quantitative estimate of drug-likeness (QED) is 0.596. The van der Waals surface area contributed by atoms with Gasteiger partial charge >= 0.3 is 0 Å². The largest absolute Gasteiger partial charge is 0.493 e. The van der Waals surface area contributed by atoms with Crippen LogP contribution in [0.4, 0.5) is 0 Å². The summed E-state index contributed by atoms with van der Waals surface area (Å²) in [7, 11) is 1.57. The van der Waals surface area contributed by atoms with Crippen LogP contribution in [0.2, 0.25) is 0 Å². The van der Waals surface area contributed by atoms with Gasteiger partial charge in [0.25, 0.3) is 5.91 Å². The first-order valence-corrected chi connectivity index (χ1v) is 9.40. The summed E-state index contributed by atoms with van der Waals surface area (Å²) in [5, 5.41) is 2.90. The summed E-state index contributed by atoms with van der Waals surface area (Å²) in [4.78, 5) is 16.7. The lowest BCUT2D eigenvalue weighted by Gasteiger charge is -2.12. The van der Waals surface area contributed by atoms with Gasteiger partial charge in [-0.1, -0.05) is 30.3 Å². The molecule has 0 bridgehead atoms. The molecule has 29 heavy (non-hydrogen) atoms. The summed E-state index contributed by atoms with van der Waals surface area (Å²) in [5.41, 5.74) is 2.47. The van der Waals surface area contributed by atoms with Gasteiger partial charge in [-0.3, -0.25) is 4.79 Å². The van der Waals surface area contributed by atoms with E-state index in [1.165, 1.54) is 0 Å². The molecular formula is C23H24N2O4. The minimum absolute atomic E-state index is 0.197. The van der Waals surface area contributed by atoms with Gasteiger partial charge in [-0.05, 0) is 42.3 Å². The van der Waals surface area contributed by atoms with E-state index in [4.69, 9.17) is 14.2 Å². The maximum Gasteiger partial charge on any atom is 0.251 e. The molecule has 0 unspecified atom stereocenters. The van der Waals surface area contributed by atoms with Crippen LogP contribution in [-0.2, 0) is 13.2 Å². The van der Waals surface area contributed by atoms with Crippen LogP contribution in [0.1, 0.15) is 28.4 Å². The van der Waals surface area contributed by atoms with Crippen LogP contribution >= 0.6 is 0 Å². The van der Waals surface area contributed by atoms with Gasteiger partial charge in [0, 0.05) is 24.4 Å². The van der Waals surface area contributed by atoms with Gasteiger partial charge in [-0.25, -0.2) is 4.98 Å². The van der Waals surface area contributed by atoms with E-state index in [-0.39, 0.29) is 5.91 Å². The summed E-state index contributed by atoms with van der Waals surface area (Å²) >= 11 is 0. The molecule has 0 aliphatic rings. The Morgan fingerprint density at radius 1 is 0.966 bits per heavy atom. The Hall–Kier alpha value is -3.54. The molecule has 0 spiro atoms. The van der Waals surface area contributed by atoms with Crippen molar-refractivity contribution in [3.8, 4) is 17.4 Å². The van der Waals surface area contributed by atoms with E-state index in [0.29, 0.717) is 42.7 Å². The second-order valence-electron chi connectivity index (χ2n) is 6.26. The van der Waals surface area contributed by atoms with Crippen LogP contribution < -0.4 is 19.5 Å². The smallest absolute Gasteiger partial charge is 0.251 e. The van der Waals surface area contributed by atoms with Crippen LogP contribution in [0.5, 0.6) is 17.4 Å². The van der Waals surface area contributed by atoms with Crippen LogP contribution in [0.25, 0.3) is 0 Å². The Morgan fingerprint density at radius 2 is 1.79 bits per heavy atom. The summed E-state index contributed by atoms with van der Waals surface area (Å²) in [6, 6.07) is 18.7. The number of rotatable bonds is 9. The Kier molecular flexibility index (Phi) is 7.05. The van der Waals surface area contributed by atoms with E-state index in [1.54, 1.807) is 31.5 Å². The summed E-state index contributed by atoms with van der Waals surface area (Å²) in [6.07, 6.45) is 1.67. The molecule has 1 aromatic heterocycles. The summed E-state index contributed by atoms with van der Waals surface area (Å²) in [6.45, 7) is 3.17. The predicted molar refractivity (Wildman–Crippen MR) is 110 cm³/mol. The van der Waals surface area contributed by atoms with E-state index in [9.17, 15) is 4.79 Å². The number of hydrogen-bond donors (Lipinski definition) is 1. The SMILES string of the molecule is CCOc1cc(C(=O)NCc2ccnc(OCc3ccccc3)c2)ccc1OC. The number of nitrogens with zero attached hydrogens (tertiary/aromatic N) is 1. The van der Waals surface area contributed by atoms with Gasteiger partial charge in [0.2, 0.25) is 5.88 Å². The Labute approximate surface area is 170 Å². The highest BCUT2D eigenvalue weighted by Crippen LogP contribution is 2.28. The molecule has 0 saturated heterocycles. The van der Waals surface area contributed by atoms with Gasteiger partial charge < -0.3 is 19.5 Å². The second-order valence-corrected chi connectivity index (χ2v) is 6.26. The first kappa shape index (κ1) is 20.2. The van der Waals surface area contributed by atoms with E-state index in [0.717, 1.165) is 11.1 Å². The molecule has 0 aliphatic carbocycles. The number of amides is 1. The molecule has 0 atom stereocenters. The number of methoxy groups -OCH3 is 1. The fraction of sp³-hybridized carbons (Fsp3) is 0.217. The zero-order valence-corrected chi connectivity index (χ0v) is 16.6. The molecule has 3 rings (SSSR count). The van der Waals surface area contributed by atoms with Gasteiger partial charge in [0.15, 0.2) is 11.5 Å². The Bertz CT molecular complexity index is 945. The normalized spacial score (nSPS) is 10.3. The molecule has 0 fully saturated rings. The van der Waals surface area contributed by atoms with Crippen molar-refractivity contribution in [2.24, 2.45) is 0 Å². The van der Waals surface area contributed by atoms with Gasteiger partial charge in [-0.15, -0.1) is 0 Å². The monoisotopic (exact) mass is 392 g/mol. The molecule has 6 heteroatoms. The first-order valence-electron chi connectivity index (χ1n) is 9.40. The van der Waals surface area contributed by atoms with Crippen molar-refractivity contribution in [1.29, 1.82) is 0 Å². The van der Waals surface area contributed by atoms with Crippen molar-refractivity contribution < 1.29 is 19.0 Å². The molecule has 0 saturated carbocycles. The van der Waals surface area contributed by atoms with Crippen LogP contribution in [0.15, 0.2) is 66.9 Å². The molecule has 1 amide bonds. The fourth-order valence-electron chi connectivity index (χ4n) is 2.74. The molecule has 1 heterocycles. The van der Waals surface area contributed by atoms with Gasteiger partial charge in [0.05, 0.1) is 13.7 Å². The van der Waals surface area contributed by atoms with Crippen molar-refractivity contribution in [2.45, 2.75) is 20.1 Å². The predicted octanol–water partition coefficient (Wildman–Crippen LogP) is 4.00. The topological polar surface area (TPSA) is 69.7 Å². The molecule has 6 nitrogen and oxygen atoms in total. The van der Waals surface area contributed by atoms with E-state index in [1.807, 2.05) is 49.4 Å². The third kappa shape index (κ3) is 5.72. The molecule has 0 aliphatic heterocycles. The Morgan fingerprint density at radius 3 is 2.55 bits per heavy atom. The average molecular weight is 392 g/mol. The van der Waals surface area contributed by atoms with Crippen molar-refractivity contribution >= 4 is 5.91 Å². The van der Waals surface area contributed by atoms with Gasteiger partial charge in [0.1, 0.15) is 6.61 Å². The highest BCUT2D eigenvalue weighted by Gasteiger charge is 2.11. The maximum atomic E-state index is 12.5. The number of carbonyl (C=O) groups is 1. The molecule has 1 N–H and O–H groups in total. The average Bonchev–Trinajstić information content (AvgIpc) is 2.77. The first-order chi connectivity index (χ1) is 14.2. The zero-order chi connectivity index (χ0) is 20.5. The van der Waals surface area contributed by atoms with E-state index < -0.39 is 0 Å². The molecule has 150 valence electrons. The van der Waals surface area contributed by atoms with Crippen molar-refractivity contribution in [1.82, 2.24) is 10.3 Å². The van der Waals surface area contributed by atoms with Crippen molar-refractivity contribution in [2.75, 3.05) is 13.7 Å². The standard InChI is InChI=1S/C23H24N2O4/c1-3-28-21-14-19(9-10-20(21)27-2)23(26)25-15-18-11-12-24-22(13-18)29-16-17-7-5-4-6-8-17/h4-14H,3,15-16H2,1-2H3,(H,25,26). The van der Waals surface area contributed by atoms with Crippen molar-refractivity contribution in [3.05, 3.63) is 83.6 Å². The lowest BCUT2D eigenvalue weighted by molar-refractivity contribution is 0.0950. The maximum absolute atomic E-state index is 12.5. The Balaban J connectivity index is 1.59.